The van der Waals surface area contributed by atoms with Gasteiger partial charge in [0.05, 0.1) is 0 Å². The molecule has 0 radical (unpaired) electrons. The fourth-order valence-electron chi connectivity index (χ4n) is 3.95. The zero-order valence-electron chi connectivity index (χ0n) is 17.5. The van der Waals surface area contributed by atoms with Gasteiger partial charge in [0.15, 0.2) is 11.6 Å². The van der Waals surface area contributed by atoms with Crippen molar-refractivity contribution in [2.45, 2.75) is 64.6 Å². The predicted molar refractivity (Wildman–Crippen MR) is 115 cm³/mol. The number of nitrogens with zero attached hydrogens (tertiary/aromatic N) is 3. The van der Waals surface area contributed by atoms with Crippen molar-refractivity contribution < 1.29 is 9.90 Å². The molecule has 1 unspecified atom stereocenters. The number of hydrogen-bond donors (Lipinski definition) is 3. The lowest BCUT2D eigenvalue weighted by molar-refractivity contribution is -0.00888. The maximum Gasteiger partial charge on any atom is 0.178 e. The van der Waals surface area contributed by atoms with Crippen molar-refractivity contribution in [1.82, 2.24) is 15.0 Å². The number of nitrogens with one attached hydrogen (secondary N) is 1. The second-order valence-corrected chi connectivity index (χ2v) is 8.48. The van der Waals surface area contributed by atoms with Crippen LogP contribution in [-0.2, 0) is 6.42 Å². The van der Waals surface area contributed by atoms with Crippen LogP contribution < -0.4 is 11.1 Å². The molecule has 1 atom stereocenters. The van der Waals surface area contributed by atoms with E-state index in [2.05, 4.69) is 21.9 Å². The Hall–Kier alpha value is -2.38. The van der Waals surface area contributed by atoms with Crippen LogP contribution in [0.3, 0.4) is 0 Å². The summed E-state index contributed by atoms with van der Waals surface area (Å²) in [5.74, 6) is 1.86. The van der Waals surface area contributed by atoms with Gasteiger partial charge in [-0.3, -0.25) is 4.79 Å². The van der Waals surface area contributed by atoms with Crippen LogP contribution >= 0.6 is 0 Å². The quantitative estimate of drug-likeness (QED) is 0.373. The largest absolute Gasteiger partial charge is 0.376 e. The molecule has 1 saturated carbocycles. The molecule has 7 nitrogen and oxygen atoms in total. The molecule has 29 heavy (non-hydrogen) atoms. The third-order valence-electron chi connectivity index (χ3n) is 5.62. The summed E-state index contributed by atoms with van der Waals surface area (Å²) in [6.07, 6.45) is 7.31. The standard InChI is InChI=1S/C22H31N5O2/c1-5-15(16-6-8-22(23,29)9-7-16)11-19-24-12-17-10-18(14(4)28)26-21(20(17)27-19)25-13(2)3/h5,10,12-13,15-16,29H,1,6-9,11,23H2,2-4H3,(H,25,26). The number of aliphatic hydroxyl groups is 1. The zero-order chi connectivity index (χ0) is 21.2. The van der Waals surface area contributed by atoms with Gasteiger partial charge in [0.25, 0.3) is 0 Å². The number of carbonyl (C=O) groups is 1. The van der Waals surface area contributed by atoms with Gasteiger partial charge in [-0.15, -0.1) is 6.58 Å². The lowest BCUT2D eigenvalue weighted by atomic mass is 9.75. The second-order valence-electron chi connectivity index (χ2n) is 8.48. The molecule has 0 amide bonds. The van der Waals surface area contributed by atoms with Crippen molar-refractivity contribution >= 4 is 22.5 Å². The minimum Gasteiger partial charge on any atom is -0.376 e. The summed E-state index contributed by atoms with van der Waals surface area (Å²) < 4.78 is 0. The van der Waals surface area contributed by atoms with Crippen LogP contribution in [0.15, 0.2) is 24.9 Å². The van der Waals surface area contributed by atoms with Crippen LogP contribution in [0, 0.1) is 11.8 Å². The SMILES string of the molecule is C=CC(Cc1ncc2cc(C(C)=O)nc(NC(C)C)c2n1)C1CCC(N)(O)CC1. The second kappa shape index (κ2) is 8.55. The van der Waals surface area contributed by atoms with Crippen LogP contribution in [-0.4, -0.2) is 37.6 Å². The third-order valence-corrected chi connectivity index (χ3v) is 5.62. The third kappa shape index (κ3) is 5.16. The molecule has 156 valence electrons. The van der Waals surface area contributed by atoms with E-state index < -0.39 is 5.72 Å². The summed E-state index contributed by atoms with van der Waals surface area (Å²) in [7, 11) is 0. The number of fused-ring (bicyclic) bond motifs is 1. The van der Waals surface area contributed by atoms with Crippen molar-refractivity contribution in [3.05, 3.63) is 36.4 Å². The lowest BCUT2D eigenvalue weighted by Crippen LogP contribution is -2.43. The highest BCUT2D eigenvalue weighted by Gasteiger charge is 2.32. The summed E-state index contributed by atoms with van der Waals surface area (Å²) in [6, 6.07) is 1.89. The Balaban J connectivity index is 1.88. The van der Waals surface area contributed by atoms with Crippen LogP contribution in [0.4, 0.5) is 5.82 Å². The van der Waals surface area contributed by atoms with E-state index in [-0.39, 0.29) is 17.7 Å². The summed E-state index contributed by atoms with van der Waals surface area (Å²) in [4.78, 5) is 25.6. The van der Waals surface area contributed by atoms with Crippen molar-refractivity contribution in [2.75, 3.05) is 5.32 Å². The number of allylic oxidation sites excluding steroid dienone is 1. The molecule has 2 heterocycles. The van der Waals surface area contributed by atoms with Crippen molar-refractivity contribution in [3.63, 3.8) is 0 Å². The average molecular weight is 398 g/mol. The summed E-state index contributed by atoms with van der Waals surface area (Å²) in [5, 5.41) is 14.1. The minimum atomic E-state index is -1.04. The molecule has 1 aliphatic carbocycles. The Morgan fingerprint density at radius 3 is 2.69 bits per heavy atom. The maximum atomic E-state index is 11.8. The molecule has 3 rings (SSSR count). The molecule has 2 aromatic heterocycles. The molecule has 7 heteroatoms. The van der Waals surface area contributed by atoms with Gasteiger partial charge in [-0.05, 0) is 57.4 Å². The van der Waals surface area contributed by atoms with Gasteiger partial charge in [0.2, 0.25) is 0 Å². The molecular formula is C22H31N5O2. The highest BCUT2D eigenvalue weighted by Crippen LogP contribution is 2.35. The Labute approximate surface area is 171 Å². The van der Waals surface area contributed by atoms with Crippen molar-refractivity contribution in [3.8, 4) is 0 Å². The number of aromatic nitrogens is 3. The first-order chi connectivity index (χ1) is 13.7. The molecule has 1 aliphatic rings. The van der Waals surface area contributed by atoms with E-state index in [0.717, 1.165) is 29.6 Å². The van der Waals surface area contributed by atoms with Gasteiger partial charge >= 0.3 is 0 Å². The number of ketones is 1. The Kier molecular flexibility index (Phi) is 6.29. The average Bonchev–Trinajstić information content (AvgIpc) is 2.66. The Bertz CT molecular complexity index is 899. The number of Topliss-reactive ketones (excluding diaryl/α,β-unsaturated/α-hetero) is 1. The maximum absolute atomic E-state index is 11.8. The van der Waals surface area contributed by atoms with Gasteiger partial charge in [-0.25, -0.2) is 15.0 Å². The summed E-state index contributed by atoms with van der Waals surface area (Å²) in [5.41, 5.74) is 5.93. The number of hydrogen-bond acceptors (Lipinski definition) is 7. The number of carbonyl (C=O) groups excluding carboxylic acids is 1. The van der Waals surface area contributed by atoms with Crippen molar-refractivity contribution in [2.24, 2.45) is 17.6 Å². The smallest absolute Gasteiger partial charge is 0.178 e. The van der Waals surface area contributed by atoms with Gasteiger partial charge in [-0.1, -0.05) is 6.08 Å². The van der Waals surface area contributed by atoms with Gasteiger partial charge in [0, 0.05) is 31.0 Å². The normalized spacial score (nSPS) is 23.2. The topological polar surface area (TPSA) is 114 Å². The van der Waals surface area contributed by atoms with E-state index in [9.17, 15) is 9.90 Å². The first-order valence-electron chi connectivity index (χ1n) is 10.3. The number of rotatable bonds is 7. The summed E-state index contributed by atoms with van der Waals surface area (Å²) in [6.45, 7) is 9.55. The van der Waals surface area contributed by atoms with Crippen LogP contribution in [0.1, 0.15) is 62.8 Å². The van der Waals surface area contributed by atoms with Crippen molar-refractivity contribution in [1.29, 1.82) is 0 Å². The van der Waals surface area contributed by atoms with Crippen LogP contribution in [0.5, 0.6) is 0 Å². The lowest BCUT2D eigenvalue weighted by Gasteiger charge is -2.35. The number of anilines is 1. The molecule has 0 aliphatic heterocycles. The first-order valence-corrected chi connectivity index (χ1v) is 10.3. The zero-order valence-corrected chi connectivity index (χ0v) is 17.5. The first kappa shape index (κ1) is 21.3. The van der Waals surface area contributed by atoms with Gasteiger partial charge < -0.3 is 16.2 Å². The Morgan fingerprint density at radius 2 is 2.10 bits per heavy atom. The van der Waals surface area contributed by atoms with E-state index in [1.54, 1.807) is 12.3 Å². The molecule has 0 spiro atoms. The van der Waals surface area contributed by atoms with Gasteiger partial charge in [0.1, 0.15) is 22.8 Å². The van der Waals surface area contributed by atoms with E-state index in [1.807, 2.05) is 19.9 Å². The molecular weight excluding hydrogens is 366 g/mol. The molecule has 0 aromatic carbocycles. The minimum absolute atomic E-state index is 0.0911. The fraction of sp³-hybridized carbons (Fsp3) is 0.545. The van der Waals surface area contributed by atoms with E-state index >= 15 is 0 Å². The highest BCUT2D eigenvalue weighted by atomic mass is 16.3. The van der Waals surface area contributed by atoms with Gasteiger partial charge in [-0.2, -0.15) is 0 Å². The summed E-state index contributed by atoms with van der Waals surface area (Å²) >= 11 is 0. The number of nitrogens with two attached hydrogens (primary N) is 1. The molecule has 1 fully saturated rings. The molecule has 0 bridgehead atoms. The van der Waals surface area contributed by atoms with Crippen LogP contribution in [0.2, 0.25) is 0 Å². The fourth-order valence-corrected chi connectivity index (χ4v) is 3.95. The number of pyridine rings is 1. The molecule has 4 N–H and O–H groups in total. The van der Waals surface area contributed by atoms with E-state index in [1.165, 1.54) is 6.92 Å². The molecule has 2 aromatic rings. The van der Waals surface area contributed by atoms with E-state index in [0.29, 0.717) is 36.7 Å². The predicted octanol–water partition coefficient (Wildman–Crippen LogP) is 3.23. The highest BCUT2D eigenvalue weighted by molar-refractivity contribution is 5.98. The monoisotopic (exact) mass is 397 g/mol. The molecule has 0 saturated heterocycles. The van der Waals surface area contributed by atoms with E-state index in [4.69, 9.17) is 10.7 Å². The van der Waals surface area contributed by atoms with Crippen LogP contribution in [0.25, 0.3) is 10.9 Å². The Morgan fingerprint density at radius 1 is 1.41 bits per heavy atom.